The lowest BCUT2D eigenvalue weighted by molar-refractivity contribution is 1.34. The Morgan fingerprint density at radius 1 is 0.941 bits per heavy atom. The number of fused-ring (bicyclic) bond motifs is 1. The summed E-state index contributed by atoms with van der Waals surface area (Å²) in [5.41, 5.74) is 15.4. The number of nitrogen functional groups attached to an aromatic ring is 2. The Labute approximate surface area is 98.3 Å². The van der Waals surface area contributed by atoms with Crippen LogP contribution in [0.15, 0.2) is 42.5 Å². The lowest BCUT2D eigenvalue weighted by Crippen LogP contribution is -1.93. The summed E-state index contributed by atoms with van der Waals surface area (Å²) in [6, 6.07) is 13.5. The predicted molar refractivity (Wildman–Crippen MR) is 70.4 cm³/mol. The first-order valence-corrected chi connectivity index (χ1v) is 5.34. The van der Waals surface area contributed by atoms with Gasteiger partial charge in [-0.25, -0.2) is 4.98 Å². The van der Waals surface area contributed by atoms with Crippen molar-refractivity contribution >= 4 is 22.4 Å². The molecule has 3 aromatic rings. The normalized spacial score (nSPS) is 10.8. The molecule has 0 unspecified atom stereocenters. The zero-order chi connectivity index (χ0) is 11.8. The number of benzene rings is 2. The smallest absolute Gasteiger partial charge is 0.138 e. The average molecular weight is 224 g/mol. The summed E-state index contributed by atoms with van der Waals surface area (Å²) in [5, 5.41) is 0. The Morgan fingerprint density at radius 3 is 2.41 bits per heavy atom. The van der Waals surface area contributed by atoms with Crippen LogP contribution in [0.5, 0.6) is 0 Å². The van der Waals surface area contributed by atoms with Crippen LogP contribution in [0, 0.1) is 0 Å². The highest BCUT2D eigenvalue weighted by molar-refractivity contribution is 5.87. The maximum Gasteiger partial charge on any atom is 0.138 e. The molecule has 0 atom stereocenters. The van der Waals surface area contributed by atoms with Gasteiger partial charge >= 0.3 is 0 Å². The second-order valence-corrected chi connectivity index (χ2v) is 3.95. The molecule has 0 amide bonds. The summed E-state index contributed by atoms with van der Waals surface area (Å²) in [4.78, 5) is 7.73. The molecule has 1 heterocycles. The monoisotopic (exact) mass is 224 g/mol. The molecule has 4 nitrogen and oxygen atoms in total. The molecule has 0 aliphatic heterocycles. The molecule has 0 spiro atoms. The zero-order valence-corrected chi connectivity index (χ0v) is 9.14. The summed E-state index contributed by atoms with van der Waals surface area (Å²) in [5.74, 6) is 0.825. The highest BCUT2D eigenvalue weighted by Gasteiger charge is 2.06. The van der Waals surface area contributed by atoms with Gasteiger partial charge in [0.1, 0.15) is 5.82 Å². The van der Waals surface area contributed by atoms with Gasteiger partial charge in [-0.1, -0.05) is 30.3 Å². The van der Waals surface area contributed by atoms with Crippen molar-refractivity contribution in [3.63, 3.8) is 0 Å². The van der Waals surface area contributed by atoms with E-state index in [0.29, 0.717) is 11.4 Å². The maximum atomic E-state index is 5.76. The van der Waals surface area contributed by atoms with E-state index in [1.807, 2.05) is 36.4 Å². The minimum absolute atomic E-state index is 0.559. The van der Waals surface area contributed by atoms with Gasteiger partial charge in [-0.05, 0) is 12.1 Å². The minimum atomic E-state index is 0.559. The van der Waals surface area contributed by atoms with E-state index in [1.54, 1.807) is 6.07 Å². The van der Waals surface area contributed by atoms with Crippen LogP contribution in [0.3, 0.4) is 0 Å². The number of nitrogens with zero attached hydrogens (tertiary/aromatic N) is 1. The van der Waals surface area contributed by atoms with Crippen LogP contribution in [0.4, 0.5) is 11.4 Å². The van der Waals surface area contributed by atoms with Crippen LogP contribution >= 0.6 is 0 Å². The van der Waals surface area contributed by atoms with E-state index in [4.69, 9.17) is 11.5 Å². The first-order chi connectivity index (χ1) is 8.24. The van der Waals surface area contributed by atoms with Crippen LogP contribution in [-0.2, 0) is 0 Å². The molecule has 3 rings (SSSR count). The molecule has 0 saturated heterocycles. The molecule has 1 aromatic heterocycles. The first kappa shape index (κ1) is 9.72. The topological polar surface area (TPSA) is 80.7 Å². The van der Waals surface area contributed by atoms with E-state index in [1.165, 1.54) is 0 Å². The molecule has 0 aliphatic rings. The number of imidazole rings is 1. The van der Waals surface area contributed by atoms with Crippen molar-refractivity contribution in [1.82, 2.24) is 9.97 Å². The lowest BCUT2D eigenvalue weighted by atomic mass is 10.2. The fraction of sp³-hybridized carbons (Fsp3) is 0. The molecule has 2 aromatic carbocycles. The van der Waals surface area contributed by atoms with Crippen LogP contribution in [0.1, 0.15) is 0 Å². The Hall–Kier alpha value is -2.49. The molecule has 5 N–H and O–H groups in total. The lowest BCUT2D eigenvalue weighted by Gasteiger charge is -1.97. The van der Waals surface area contributed by atoms with Crippen molar-refractivity contribution in [3.8, 4) is 11.4 Å². The number of nitrogens with two attached hydrogens (primary N) is 2. The Morgan fingerprint density at radius 2 is 1.65 bits per heavy atom. The van der Waals surface area contributed by atoms with Crippen molar-refractivity contribution < 1.29 is 0 Å². The molecule has 0 saturated carbocycles. The third-order valence-electron chi connectivity index (χ3n) is 2.73. The van der Waals surface area contributed by atoms with Gasteiger partial charge in [-0.15, -0.1) is 0 Å². The second kappa shape index (κ2) is 3.52. The number of nitrogens with one attached hydrogen (secondary N) is 1. The Balaban J connectivity index is 2.21. The number of anilines is 2. The van der Waals surface area contributed by atoms with Crippen LogP contribution in [-0.4, -0.2) is 9.97 Å². The molecule has 0 aliphatic carbocycles. The van der Waals surface area contributed by atoms with Gasteiger partial charge in [0.2, 0.25) is 0 Å². The standard InChI is InChI=1S/C13H12N4/c14-9-6-11-12(7-10(9)15)17-13(16-11)8-4-2-1-3-5-8/h1-7H,14-15H2,(H,16,17). The predicted octanol–water partition coefficient (Wildman–Crippen LogP) is 2.39. The van der Waals surface area contributed by atoms with Crippen LogP contribution in [0.2, 0.25) is 0 Å². The van der Waals surface area contributed by atoms with E-state index in [2.05, 4.69) is 9.97 Å². The minimum Gasteiger partial charge on any atom is -0.397 e. The quantitative estimate of drug-likeness (QED) is 0.555. The molecule has 0 fully saturated rings. The number of hydrogen-bond acceptors (Lipinski definition) is 3. The SMILES string of the molecule is Nc1cc2nc(-c3ccccc3)[nH]c2cc1N. The largest absolute Gasteiger partial charge is 0.397 e. The van der Waals surface area contributed by atoms with Gasteiger partial charge in [0.15, 0.2) is 0 Å². The number of aromatic amines is 1. The molecule has 0 radical (unpaired) electrons. The molecule has 17 heavy (non-hydrogen) atoms. The van der Waals surface area contributed by atoms with Gasteiger partial charge in [0.25, 0.3) is 0 Å². The van der Waals surface area contributed by atoms with Crippen LogP contribution in [0.25, 0.3) is 22.4 Å². The zero-order valence-electron chi connectivity index (χ0n) is 9.14. The third kappa shape index (κ3) is 1.59. The second-order valence-electron chi connectivity index (χ2n) is 3.95. The van der Waals surface area contributed by atoms with E-state index in [9.17, 15) is 0 Å². The molecule has 84 valence electrons. The van der Waals surface area contributed by atoms with Gasteiger partial charge in [0, 0.05) is 5.56 Å². The highest BCUT2D eigenvalue weighted by atomic mass is 14.9. The van der Waals surface area contributed by atoms with E-state index in [-0.39, 0.29) is 0 Å². The third-order valence-corrected chi connectivity index (χ3v) is 2.73. The number of hydrogen-bond donors (Lipinski definition) is 3. The van der Waals surface area contributed by atoms with Gasteiger partial charge < -0.3 is 16.5 Å². The maximum absolute atomic E-state index is 5.76. The highest BCUT2D eigenvalue weighted by Crippen LogP contribution is 2.25. The Bertz CT molecular complexity index is 631. The number of H-pyrrole nitrogens is 1. The summed E-state index contributed by atoms with van der Waals surface area (Å²) in [6.07, 6.45) is 0. The van der Waals surface area contributed by atoms with Gasteiger partial charge in [0.05, 0.1) is 22.4 Å². The van der Waals surface area contributed by atoms with E-state index < -0.39 is 0 Å². The average Bonchev–Trinajstić information content (AvgIpc) is 2.74. The van der Waals surface area contributed by atoms with Crippen LogP contribution < -0.4 is 11.5 Å². The van der Waals surface area contributed by atoms with Crippen molar-refractivity contribution in [1.29, 1.82) is 0 Å². The summed E-state index contributed by atoms with van der Waals surface area (Å²) >= 11 is 0. The van der Waals surface area contributed by atoms with Gasteiger partial charge in [-0.3, -0.25) is 0 Å². The first-order valence-electron chi connectivity index (χ1n) is 5.34. The Kier molecular flexibility index (Phi) is 2.01. The fourth-order valence-electron chi connectivity index (χ4n) is 1.82. The van der Waals surface area contributed by atoms with E-state index >= 15 is 0 Å². The van der Waals surface area contributed by atoms with Crippen molar-refractivity contribution in [3.05, 3.63) is 42.5 Å². The van der Waals surface area contributed by atoms with E-state index in [0.717, 1.165) is 22.4 Å². The number of rotatable bonds is 1. The van der Waals surface area contributed by atoms with Crippen molar-refractivity contribution in [2.24, 2.45) is 0 Å². The molecule has 4 heteroatoms. The molecular formula is C13H12N4. The number of aromatic nitrogens is 2. The summed E-state index contributed by atoms with van der Waals surface area (Å²) in [6.45, 7) is 0. The molecular weight excluding hydrogens is 212 g/mol. The van der Waals surface area contributed by atoms with Crippen molar-refractivity contribution in [2.45, 2.75) is 0 Å². The van der Waals surface area contributed by atoms with Crippen molar-refractivity contribution in [2.75, 3.05) is 11.5 Å². The fourth-order valence-corrected chi connectivity index (χ4v) is 1.82. The van der Waals surface area contributed by atoms with Gasteiger partial charge in [-0.2, -0.15) is 0 Å². The summed E-state index contributed by atoms with van der Waals surface area (Å²) < 4.78 is 0. The summed E-state index contributed by atoms with van der Waals surface area (Å²) in [7, 11) is 0. The molecule has 0 bridgehead atoms.